The molecule has 1 fully saturated rings. The summed E-state index contributed by atoms with van der Waals surface area (Å²) in [5.41, 5.74) is -2.50. The van der Waals surface area contributed by atoms with Crippen LogP contribution in [-0.2, 0) is 20.8 Å². The normalized spacial score (nSPS) is 19.5. The monoisotopic (exact) mass is 485 g/mol. The molecule has 14 nitrogen and oxygen atoms in total. The molecule has 0 aliphatic carbocycles. The molecular formula is C19H20FN3O11. The molecule has 184 valence electrons. The minimum atomic E-state index is -1.22. The highest BCUT2D eigenvalue weighted by molar-refractivity contribution is 5.61. The number of methoxy groups -OCH3 is 2. The highest BCUT2D eigenvalue weighted by atomic mass is 19.1. The number of hydrogen-bond donors (Lipinski definition) is 2. The third-order valence-electron chi connectivity index (χ3n) is 4.93. The Bertz CT molecular complexity index is 1190. The summed E-state index contributed by atoms with van der Waals surface area (Å²) >= 11 is 0. The van der Waals surface area contributed by atoms with Crippen LogP contribution in [0.2, 0.25) is 0 Å². The average Bonchev–Trinajstić information content (AvgIpc) is 3.17. The number of aromatic nitrogens is 2. The number of nitro groups is 1. The fourth-order valence-electron chi connectivity index (χ4n) is 3.23. The fourth-order valence-corrected chi connectivity index (χ4v) is 3.23. The van der Waals surface area contributed by atoms with Crippen LogP contribution in [0.1, 0.15) is 18.2 Å². The van der Waals surface area contributed by atoms with Gasteiger partial charge < -0.3 is 28.8 Å². The molecule has 0 saturated carbocycles. The molecule has 0 amide bonds. The molecule has 2 heterocycles. The minimum Gasteiger partial charge on any atom is -0.493 e. The van der Waals surface area contributed by atoms with Gasteiger partial charge in [-0.3, -0.25) is 24.5 Å². The van der Waals surface area contributed by atoms with Crippen molar-refractivity contribution >= 4 is 11.8 Å². The number of halogens is 1. The van der Waals surface area contributed by atoms with Crippen LogP contribution < -0.4 is 20.7 Å². The Kier molecular flexibility index (Phi) is 7.47. The maximum Gasteiger partial charge on any atom is 0.508 e. The molecule has 2 N–H and O–H groups in total. The van der Waals surface area contributed by atoms with Crippen molar-refractivity contribution in [2.75, 3.05) is 20.8 Å². The summed E-state index contributed by atoms with van der Waals surface area (Å²) in [5.74, 6) is -0.920. The number of aromatic amines is 1. The first kappa shape index (κ1) is 24.7. The summed E-state index contributed by atoms with van der Waals surface area (Å²) in [6.45, 7) is -1.02. The van der Waals surface area contributed by atoms with Gasteiger partial charge in [-0.05, 0) is 6.07 Å². The van der Waals surface area contributed by atoms with E-state index in [4.69, 9.17) is 23.7 Å². The molecule has 34 heavy (non-hydrogen) atoms. The fraction of sp³-hybridized carbons (Fsp3) is 0.421. The van der Waals surface area contributed by atoms with Crippen molar-refractivity contribution in [1.82, 2.24) is 9.55 Å². The van der Waals surface area contributed by atoms with Gasteiger partial charge in [0.1, 0.15) is 25.5 Å². The lowest BCUT2D eigenvalue weighted by Crippen LogP contribution is -2.34. The molecule has 1 aromatic heterocycles. The summed E-state index contributed by atoms with van der Waals surface area (Å²) in [5, 5.41) is 21.4. The van der Waals surface area contributed by atoms with Crippen LogP contribution in [-0.4, -0.2) is 58.8 Å². The Morgan fingerprint density at radius 2 is 1.97 bits per heavy atom. The van der Waals surface area contributed by atoms with E-state index in [2.05, 4.69) is 0 Å². The molecule has 3 atom stereocenters. The van der Waals surface area contributed by atoms with Gasteiger partial charge >= 0.3 is 11.8 Å². The van der Waals surface area contributed by atoms with Crippen molar-refractivity contribution in [2.45, 2.75) is 31.5 Å². The molecular weight excluding hydrogens is 465 g/mol. The van der Waals surface area contributed by atoms with E-state index in [9.17, 15) is 34.0 Å². The number of carbonyl (C=O) groups excluding carboxylic acids is 1. The summed E-state index contributed by atoms with van der Waals surface area (Å²) in [6, 6.07) is 2.40. The smallest absolute Gasteiger partial charge is 0.493 e. The highest BCUT2D eigenvalue weighted by Gasteiger charge is 2.36. The number of ether oxygens (including phenoxy) is 5. The maximum atomic E-state index is 13.5. The Balaban J connectivity index is 1.60. The number of hydrogen-bond acceptors (Lipinski definition) is 11. The summed E-state index contributed by atoms with van der Waals surface area (Å²) in [4.78, 5) is 47.4. The number of carbonyl (C=O) groups is 1. The Morgan fingerprint density at radius 1 is 1.29 bits per heavy atom. The van der Waals surface area contributed by atoms with E-state index in [0.29, 0.717) is 6.20 Å². The number of aliphatic hydroxyl groups is 1. The number of nitrogens with zero attached hydrogens (tertiary/aromatic N) is 2. The zero-order chi connectivity index (χ0) is 25.0. The Labute approximate surface area is 189 Å². The van der Waals surface area contributed by atoms with Gasteiger partial charge in [0.15, 0.2) is 11.5 Å². The molecule has 0 unspecified atom stereocenters. The molecule has 0 bridgehead atoms. The van der Waals surface area contributed by atoms with Gasteiger partial charge in [0, 0.05) is 6.42 Å². The third-order valence-corrected chi connectivity index (χ3v) is 4.93. The van der Waals surface area contributed by atoms with Crippen LogP contribution in [0.25, 0.3) is 0 Å². The lowest BCUT2D eigenvalue weighted by atomic mass is 10.1. The van der Waals surface area contributed by atoms with Crippen molar-refractivity contribution < 1.29 is 42.9 Å². The first-order valence-electron chi connectivity index (χ1n) is 9.68. The van der Waals surface area contributed by atoms with Gasteiger partial charge in [-0.1, -0.05) is 0 Å². The predicted molar refractivity (Wildman–Crippen MR) is 108 cm³/mol. The van der Waals surface area contributed by atoms with Gasteiger partial charge in [0.25, 0.3) is 11.2 Å². The van der Waals surface area contributed by atoms with E-state index in [1.54, 1.807) is 4.98 Å². The molecule has 1 aliphatic rings. The lowest BCUT2D eigenvalue weighted by Gasteiger charge is -2.16. The zero-order valence-corrected chi connectivity index (χ0v) is 17.9. The topological polar surface area (TPSA) is 181 Å². The number of nitro benzene ring substituents is 1. The second kappa shape index (κ2) is 10.3. The number of benzene rings is 1. The third kappa shape index (κ3) is 5.32. The number of rotatable bonds is 8. The largest absolute Gasteiger partial charge is 0.508 e. The van der Waals surface area contributed by atoms with Crippen molar-refractivity contribution in [3.63, 3.8) is 0 Å². The molecule has 1 aliphatic heterocycles. The highest BCUT2D eigenvalue weighted by Crippen LogP contribution is 2.35. The summed E-state index contributed by atoms with van der Waals surface area (Å²) in [7, 11) is 2.64. The second-order valence-electron chi connectivity index (χ2n) is 7.02. The van der Waals surface area contributed by atoms with Crippen LogP contribution in [0.3, 0.4) is 0 Å². The minimum absolute atomic E-state index is 0.0105. The van der Waals surface area contributed by atoms with Crippen LogP contribution in [0.4, 0.5) is 14.9 Å². The van der Waals surface area contributed by atoms with E-state index in [0.717, 1.165) is 10.6 Å². The lowest BCUT2D eigenvalue weighted by molar-refractivity contribution is -0.385. The molecule has 2 aromatic rings. The SMILES string of the molecule is COc1cc(COC(=O)OC[C@H]2O[C@@H](n3cc(F)c(=O)[nH]c3=O)C[C@@H]2O)c([N+](=O)[O-])cc1OC. The van der Waals surface area contributed by atoms with E-state index in [1.807, 2.05) is 0 Å². The Morgan fingerprint density at radius 3 is 2.62 bits per heavy atom. The van der Waals surface area contributed by atoms with E-state index in [-0.39, 0.29) is 29.2 Å². The summed E-state index contributed by atoms with van der Waals surface area (Å²) in [6.07, 6.45) is -4.11. The second-order valence-corrected chi connectivity index (χ2v) is 7.02. The zero-order valence-electron chi connectivity index (χ0n) is 17.9. The summed E-state index contributed by atoms with van der Waals surface area (Å²) < 4.78 is 39.6. The number of nitrogens with one attached hydrogen (secondary N) is 1. The number of aliphatic hydroxyl groups excluding tert-OH is 1. The van der Waals surface area contributed by atoms with Gasteiger partial charge in [0.2, 0.25) is 5.82 Å². The van der Waals surface area contributed by atoms with Crippen molar-refractivity contribution in [1.29, 1.82) is 0 Å². The van der Waals surface area contributed by atoms with Crippen LogP contribution in [0.15, 0.2) is 27.9 Å². The standard InChI is InChI=1S/C19H20FN3O11/c1-30-13-3-9(11(23(28)29)4-14(13)31-2)7-32-19(27)33-8-15-12(24)5-16(34-15)22-6-10(20)17(25)21-18(22)26/h3-4,6,12,15-16,24H,5,7-8H2,1-2H3,(H,21,25,26)/t12-,15+,16+/m0/s1. The molecule has 1 saturated heterocycles. The van der Waals surface area contributed by atoms with E-state index >= 15 is 0 Å². The average molecular weight is 485 g/mol. The predicted octanol–water partition coefficient (Wildman–Crippen LogP) is 0.603. The molecule has 3 rings (SSSR count). The van der Waals surface area contributed by atoms with Crippen molar-refractivity contribution in [3.8, 4) is 11.5 Å². The quantitative estimate of drug-likeness (QED) is 0.303. The van der Waals surface area contributed by atoms with Crippen molar-refractivity contribution in [2.24, 2.45) is 0 Å². The molecule has 0 radical (unpaired) electrons. The van der Waals surface area contributed by atoms with Gasteiger partial charge in [0.05, 0.1) is 43.1 Å². The molecule has 0 spiro atoms. The van der Waals surface area contributed by atoms with Gasteiger partial charge in [-0.15, -0.1) is 0 Å². The van der Waals surface area contributed by atoms with Crippen molar-refractivity contribution in [3.05, 3.63) is 60.7 Å². The van der Waals surface area contributed by atoms with Gasteiger partial charge in [-0.25, -0.2) is 9.59 Å². The van der Waals surface area contributed by atoms with Gasteiger partial charge in [-0.2, -0.15) is 4.39 Å². The first-order chi connectivity index (χ1) is 16.1. The Hall–Kier alpha value is -3.98. The van der Waals surface area contributed by atoms with E-state index < -0.39 is 59.8 Å². The van der Waals surface area contributed by atoms with Crippen LogP contribution >= 0.6 is 0 Å². The van der Waals surface area contributed by atoms with E-state index in [1.165, 1.54) is 20.3 Å². The first-order valence-corrected chi connectivity index (χ1v) is 9.68. The maximum absolute atomic E-state index is 13.5. The number of H-pyrrole nitrogens is 1. The molecule has 1 aromatic carbocycles. The van der Waals surface area contributed by atoms with Crippen LogP contribution in [0, 0.1) is 15.9 Å². The molecule has 15 heteroatoms. The van der Waals surface area contributed by atoms with Crippen LogP contribution in [0.5, 0.6) is 11.5 Å².